The minimum Gasteiger partial charge on any atom is -0.495 e. The average molecular weight is 569 g/mol. The molecular formula is C29H31Cl2N5O3. The molecule has 0 aliphatic rings. The Bertz CT molecular complexity index is 1520. The quantitative estimate of drug-likeness (QED) is 0.203. The van der Waals surface area contributed by atoms with Gasteiger partial charge in [0.15, 0.2) is 0 Å². The number of hydrogen-bond acceptors (Lipinski definition) is 6. The van der Waals surface area contributed by atoms with Crippen LogP contribution in [0.2, 0.25) is 10.0 Å². The van der Waals surface area contributed by atoms with Crippen molar-refractivity contribution in [1.82, 2.24) is 20.2 Å². The molecule has 3 N–H and O–H groups in total. The molecule has 1 amide bonds. The van der Waals surface area contributed by atoms with Crippen LogP contribution in [0.3, 0.4) is 0 Å². The zero-order chi connectivity index (χ0) is 27.9. The molecule has 4 aromatic rings. The summed E-state index contributed by atoms with van der Waals surface area (Å²) in [6, 6.07) is 14.0. The van der Waals surface area contributed by atoms with Crippen LogP contribution in [0.25, 0.3) is 10.9 Å². The molecule has 0 atom stereocenters. The van der Waals surface area contributed by atoms with Crippen LogP contribution in [0, 0.1) is 0 Å². The van der Waals surface area contributed by atoms with E-state index in [1.807, 2.05) is 14.1 Å². The van der Waals surface area contributed by atoms with E-state index in [9.17, 15) is 9.59 Å². The first-order chi connectivity index (χ1) is 18.8. The number of aromatic amines is 1. The van der Waals surface area contributed by atoms with Crippen molar-refractivity contribution in [3.8, 4) is 5.75 Å². The number of rotatable bonds is 11. The molecule has 39 heavy (non-hydrogen) atoms. The van der Waals surface area contributed by atoms with Gasteiger partial charge < -0.3 is 25.3 Å². The van der Waals surface area contributed by atoms with E-state index in [4.69, 9.17) is 27.9 Å². The first-order valence-corrected chi connectivity index (χ1v) is 13.3. The van der Waals surface area contributed by atoms with E-state index in [0.717, 1.165) is 24.9 Å². The highest BCUT2D eigenvalue weighted by Crippen LogP contribution is 2.33. The molecule has 0 aliphatic carbocycles. The molecule has 0 unspecified atom stereocenters. The normalized spacial score (nSPS) is 11.1. The Hall–Kier alpha value is -3.59. The van der Waals surface area contributed by atoms with Crippen LogP contribution in [0.1, 0.15) is 34.5 Å². The van der Waals surface area contributed by atoms with Crippen LogP contribution in [-0.4, -0.2) is 55.1 Å². The van der Waals surface area contributed by atoms with Crippen LogP contribution in [-0.2, 0) is 6.42 Å². The number of nitrogens with one attached hydrogen (secondary N) is 3. The monoisotopic (exact) mass is 567 g/mol. The summed E-state index contributed by atoms with van der Waals surface area (Å²) in [5.41, 5.74) is 3.28. The van der Waals surface area contributed by atoms with Crippen molar-refractivity contribution >= 4 is 51.4 Å². The number of hydrogen-bond donors (Lipinski definition) is 3. The molecule has 0 fully saturated rings. The summed E-state index contributed by atoms with van der Waals surface area (Å²) in [6.07, 6.45) is 3.83. The van der Waals surface area contributed by atoms with Gasteiger partial charge in [-0.05, 0) is 81.5 Å². The fourth-order valence-electron chi connectivity index (χ4n) is 4.26. The van der Waals surface area contributed by atoms with E-state index in [0.29, 0.717) is 62.3 Å². The van der Waals surface area contributed by atoms with Crippen molar-refractivity contribution in [2.45, 2.75) is 19.3 Å². The van der Waals surface area contributed by atoms with E-state index >= 15 is 0 Å². The lowest BCUT2D eigenvalue weighted by Gasteiger charge is -2.16. The van der Waals surface area contributed by atoms with Gasteiger partial charge in [0.25, 0.3) is 11.5 Å². The van der Waals surface area contributed by atoms with Gasteiger partial charge in [-0.1, -0.05) is 29.3 Å². The predicted octanol–water partition coefficient (Wildman–Crippen LogP) is 5.64. The zero-order valence-corrected chi connectivity index (χ0v) is 23.6. The van der Waals surface area contributed by atoms with E-state index < -0.39 is 0 Å². The molecule has 204 valence electrons. The lowest BCUT2D eigenvalue weighted by Crippen LogP contribution is -2.25. The number of H-pyrrole nitrogens is 1. The number of ether oxygens (including phenoxy) is 1. The number of methoxy groups -OCH3 is 1. The Morgan fingerprint density at radius 2 is 1.82 bits per heavy atom. The number of anilines is 2. The second-order valence-electron chi connectivity index (χ2n) is 9.41. The van der Waals surface area contributed by atoms with Crippen LogP contribution in [0.4, 0.5) is 11.4 Å². The Balaban J connectivity index is 1.61. The second-order valence-corrected chi connectivity index (χ2v) is 10.2. The molecule has 0 saturated heterocycles. The van der Waals surface area contributed by atoms with Gasteiger partial charge in [0, 0.05) is 40.5 Å². The lowest BCUT2D eigenvalue weighted by atomic mass is 10.1. The maximum Gasteiger partial charge on any atom is 0.259 e. The number of carbonyl (C=O) groups is 1. The minimum absolute atomic E-state index is 0.172. The smallest absolute Gasteiger partial charge is 0.259 e. The van der Waals surface area contributed by atoms with Crippen molar-refractivity contribution in [2.75, 3.05) is 39.6 Å². The molecule has 0 aliphatic heterocycles. The standard InChI is InChI=1S/C29H31Cl2N5O3/c1-36(2)14-5-4-12-32-28(37)18-9-10-23(26(15-18)39-3)35-25-17-19(16-20-21(30)7-6-8-22(20)31)34-24-11-13-33-29(38)27(24)25/h6-11,13,15,17H,4-5,12,14,16H2,1-3H3,(H,32,37)(H,33,38)(H,34,35). The van der Waals surface area contributed by atoms with E-state index in [2.05, 4.69) is 25.5 Å². The molecule has 10 heteroatoms. The second kappa shape index (κ2) is 13.0. The summed E-state index contributed by atoms with van der Waals surface area (Å²) in [6.45, 7) is 1.57. The molecular weight excluding hydrogens is 537 g/mol. The SMILES string of the molecule is COc1cc(C(=O)NCCCCN(C)C)ccc1Nc1cc(Cc2c(Cl)cccc2Cl)nc2cc[nH]c(=O)c12. The maximum atomic E-state index is 12.8. The number of amides is 1. The fraction of sp³-hybridized carbons (Fsp3) is 0.276. The summed E-state index contributed by atoms with van der Waals surface area (Å²) >= 11 is 12.8. The third kappa shape index (κ3) is 7.09. The number of benzene rings is 2. The largest absolute Gasteiger partial charge is 0.495 e. The van der Waals surface area contributed by atoms with Crippen molar-refractivity contribution in [1.29, 1.82) is 0 Å². The Labute approximate surface area is 237 Å². The van der Waals surface area contributed by atoms with Gasteiger partial charge in [-0.15, -0.1) is 0 Å². The van der Waals surface area contributed by atoms with E-state index in [-0.39, 0.29) is 11.5 Å². The Morgan fingerprint density at radius 3 is 2.54 bits per heavy atom. The fourth-order valence-corrected chi connectivity index (χ4v) is 4.79. The minimum atomic E-state index is -0.283. The van der Waals surface area contributed by atoms with Crippen LogP contribution >= 0.6 is 23.2 Å². The molecule has 2 aromatic heterocycles. The number of fused-ring (bicyclic) bond motifs is 1. The molecule has 0 spiro atoms. The summed E-state index contributed by atoms with van der Waals surface area (Å²) in [5.74, 6) is 0.290. The van der Waals surface area contributed by atoms with Gasteiger partial charge in [0.05, 0.1) is 29.4 Å². The molecule has 0 bridgehead atoms. The number of aromatic nitrogens is 2. The van der Waals surface area contributed by atoms with Gasteiger partial charge in [-0.3, -0.25) is 14.6 Å². The first kappa shape index (κ1) is 28.4. The van der Waals surface area contributed by atoms with Crippen LogP contribution in [0.15, 0.2) is 59.5 Å². The van der Waals surface area contributed by atoms with Gasteiger partial charge >= 0.3 is 0 Å². The maximum absolute atomic E-state index is 12.8. The molecule has 8 nitrogen and oxygen atoms in total. The van der Waals surface area contributed by atoms with Crippen LogP contribution < -0.4 is 20.9 Å². The highest BCUT2D eigenvalue weighted by atomic mass is 35.5. The van der Waals surface area contributed by atoms with Gasteiger partial charge in [-0.2, -0.15) is 0 Å². The number of halogens is 2. The van der Waals surface area contributed by atoms with E-state index in [1.165, 1.54) is 7.11 Å². The van der Waals surface area contributed by atoms with Crippen molar-refractivity contribution in [2.24, 2.45) is 0 Å². The van der Waals surface area contributed by atoms with Crippen LogP contribution in [0.5, 0.6) is 5.75 Å². The van der Waals surface area contributed by atoms with Crippen molar-refractivity contribution < 1.29 is 9.53 Å². The third-order valence-electron chi connectivity index (χ3n) is 6.25. The molecule has 0 radical (unpaired) electrons. The van der Waals surface area contributed by atoms with E-state index in [1.54, 1.807) is 54.7 Å². The molecule has 2 aromatic carbocycles. The summed E-state index contributed by atoms with van der Waals surface area (Å²) in [7, 11) is 5.59. The van der Waals surface area contributed by atoms with Crippen molar-refractivity contribution in [3.05, 3.63) is 91.9 Å². The Kier molecular flexibility index (Phi) is 9.45. The Morgan fingerprint density at radius 1 is 1.05 bits per heavy atom. The highest BCUT2D eigenvalue weighted by molar-refractivity contribution is 6.36. The first-order valence-electron chi connectivity index (χ1n) is 12.6. The molecule has 2 heterocycles. The summed E-state index contributed by atoms with van der Waals surface area (Å²) in [4.78, 5) is 35.0. The third-order valence-corrected chi connectivity index (χ3v) is 6.96. The predicted molar refractivity (Wildman–Crippen MR) is 158 cm³/mol. The number of nitrogens with zero attached hydrogens (tertiary/aromatic N) is 2. The number of unbranched alkanes of at least 4 members (excludes halogenated alkanes) is 1. The summed E-state index contributed by atoms with van der Waals surface area (Å²) < 4.78 is 5.59. The summed E-state index contributed by atoms with van der Waals surface area (Å²) in [5, 5.41) is 7.74. The molecule has 0 saturated carbocycles. The van der Waals surface area contributed by atoms with Gasteiger partial charge in [0.1, 0.15) is 5.75 Å². The number of pyridine rings is 2. The van der Waals surface area contributed by atoms with Gasteiger partial charge in [-0.25, -0.2) is 0 Å². The topological polar surface area (TPSA) is 99.3 Å². The highest BCUT2D eigenvalue weighted by Gasteiger charge is 2.16. The molecule has 4 rings (SSSR count). The lowest BCUT2D eigenvalue weighted by molar-refractivity contribution is 0.0952. The number of carbonyl (C=O) groups excluding carboxylic acids is 1. The van der Waals surface area contributed by atoms with Crippen molar-refractivity contribution in [3.63, 3.8) is 0 Å². The average Bonchev–Trinajstić information content (AvgIpc) is 2.90. The van der Waals surface area contributed by atoms with Gasteiger partial charge in [0.2, 0.25) is 0 Å². The zero-order valence-electron chi connectivity index (χ0n) is 22.1.